The number of hydrogen-bond donors (Lipinski definition) is 3. The molecule has 1 aromatic heterocycles. The molecule has 0 unspecified atom stereocenters. The third-order valence-electron chi connectivity index (χ3n) is 3.56. The van der Waals surface area contributed by atoms with Gasteiger partial charge in [-0.1, -0.05) is 24.3 Å². The van der Waals surface area contributed by atoms with E-state index >= 15 is 0 Å². The lowest BCUT2D eigenvalue weighted by molar-refractivity contribution is -0.113. The number of allylic oxidation sites excluding steroid dienone is 1. The van der Waals surface area contributed by atoms with E-state index in [4.69, 9.17) is 12.2 Å². The first kappa shape index (κ1) is 15.2. The SMILES string of the molecule is CC1=C(C(=O)Nc2ccccc2)[C@H](c2cccnc2)NC(=S)N1. The third kappa shape index (κ3) is 3.37. The van der Waals surface area contributed by atoms with Crippen LogP contribution in [0.25, 0.3) is 0 Å². The van der Waals surface area contributed by atoms with Crippen molar-refractivity contribution in [3.63, 3.8) is 0 Å². The monoisotopic (exact) mass is 324 g/mol. The van der Waals surface area contributed by atoms with Crippen molar-refractivity contribution in [3.05, 3.63) is 71.7 Å². The Balaban J connectivity index is 1.94. The van der Waals surface area contributed by atoms with Crippen molar-refractivity contribution in [3.8, 4) is 0 Å². The van der Waals surface area contributed by atoms with Crippen LogP contribution in [0, 0.1) is 0 Å². The maximum absolute atomic E-state index is 12.8. The third-order valence-corrected chi connectivity index (χ3v) is 3.78. The molecule has 2 aromatic rings. The molecule has 0 fully saturated rings. The zero-order valence-electron chi connectivity index (χ0n) is 12.5. The van der Waals surface area contributed by atoms with Crippen LogP contribution >= 0.6 is 12.2 Å². The Kier molecular flexibility index (Phi) is 4.34. The lowest BCUT2D eigenvalue weighted by atomic mass is 9.96. The van der Waals surface area contributed by atoms with Gasteiger partial charge in [0.25, 0.3) is 5.91 Å². The van der Waals surface area contributed by atoms with Gasteiger partial charge in [-0.2, -0.15) is 0 Å². The number of amides is 1. The first-order chi connectivity index (χ1) is 11.1. The molecule has 1 atom stereocenters. The van der Waals surface area contributed by atoms with Gasteiger partial charge in [-0.05, 0) is 42.9 Å². The summed E-state index contributed by atoms with van der Waals surface area (Å²) >= 11 is 5.22. The van der Waals surface area contributed by atoms with Crippen molar-refractivity contribution in [2.45, 2.75) is 13.0 Å². The molecule has 1 aliphatic rings. The standard InChI is InChI=1S/C17H16N4OS/c1-11-14(16(22)20-13-7-3-2-4-8-13)15(21-17(23)19-11)12-6-5-9-18-10-12/h2-10,15H,1H3,(H,20,22)(H2,19,21,23)/t15-/m0/s1. The number of carbonyl (C=O) groups is 1. The minimum atomic E-state index is -0.332. The normalized spacial score (nSPS) is 17.3. The molecule has 0 saturated carbocycles. The Bertz CT molecular complexity index is 759. The fourth-order valence-electron chi connectivity index (χ4n) is 2.51. The smallest absolute Gasteiger partial charge is 0.255 e. The highest BCUT2D eigenvalue weighted by atomic mass is 32.1. The molecule has 6 heteroatoms. The number of anilines is 1. The van der Waals surface area contributed by atoms with E-state index in [-0.39, 0.29) is 11.9 Å². The highest BCUT2D eigenvalue weighted by molar-refractivity contribution is 7.80. The Morgan fingerprint density at radius 2 is 2.00 bits per heavy atom. The number of aromatic nitrogens is 1. The average Bonchev–Trinajstić information content (AvgIpc) is 2.55. The van der Waals surface area contributed by atoms with Crippen molar-refractivity contribution >= 4 is 28.9 Å². The second-order valence-electron chi connectivity index (χ2n) is 5.18. The number of nitrogens with one attached hydrogen (secondary N) is 3. The Labute approximate surface area is 139 Å². The van der Waals surface area contributed by atoms with Crippen LogP contribution in [0.3, 0.4) is 0 Å². The number of thiocarbonyl (C=S) groups is 1. The summed E-state index contributed by atoms with van der Waals surface area (Å²) in [6.07, 6.45) is 3.43. The second kappa shape index (κ2) is 6.58. The highest BCUT2D eigenvalue weighted by Gasteiger charge is 2.29. The summed E-state index contributed by atoms with van der Waals surface area (Å²) in [5.41, 5.74) is 2.95. The Morgan fingerprint density at radius 1 is 1.22 bits per heavy atom. The van der Waals surface area contributed by atoms with Gasteiger partial charge in [-0.15, -0.1) is 0 Å². The van der Waals surface area contributed by atoms with E-state index in [0.29, 0.717) is 10.7 Å². The minimum Gasteiger partial charge on any atom is -0.351 e. The number of hydrogen-bond acceptors (Lipinski definition) is 3. The lowest BCUT2D eigenvalue weighted by Crippen LogP contribution is -2.45. The molecule has 0 saturated heterocycles. The van der Waals surface area contributed by atoms with Crippen molar-refractivity contribution in [2.75, 3.05) is 5.32 Å². The number of pyridine rings is 1. The summed E-state index contributed by atoms with van der Waals surface area (Å²) < 4.78 is 0. The maximum Gasteiger partial charge on any atom is 0.255 e. The van der Waals surface area contributed by atoms with E-state index in [0.717, 1.165) is 16.9 Å². The first-order valence-electron chi connectivity index (χ1n) is 7.20. The van der Waals surface area contributed by atoms with Crippen molar-refractivity contribution in [1.82, 2.24) is 15.6 Å². The fraction of sp³-hybridized carbons (Fsp3) is 0.118. The Hall–Kier alpha value is -2.73. The van der Waals surface area contributed by atoms with Gasteiger partial charge in [0, 0.05) is 23.8 Å². The van der Waals surface area contributed by atoms with Gasteiger partial charge in [0.05, 0.1) is 11.6 Å². The molecule has 5 nitrogen and oxygen atoms in total. The van der Waals surface area contributed by atoms with Crippen LogP contribution in [-0.4, -0.2) is 16.0 Å². The van der Waals surface area contributed by atoms with Gasteiger partial charge in [0.1, 0.15) is 0 Å². The van der Waals surface area contributed by atoms with Gasteiger partial charge in [0.15, 0.2) is 5.11 Å². The van der Waals surface area contributed by atoms with Gasteiger partial charge in [-0.25, -0.2) is 0 Å². The van der Waals surface area contributed by atoms with E-state index in [1.165, 1.54) is 0 Å². The topological polar surface area (TPSA) is 66.0 Å². The number of benzene rings is 1. The van der Waals surface area contributed by atoms with Crippen LogP contribution in [0.5, 0.6) is 0 Å². The second-order valence-corrected chi connectivity index (χ2v) is 5.58. The van der Waals surface area contributed by atoms with Crippen LogP contribution in [-0.2, 0) is 4.79 Å². The van der Waals surface area contributed by atoms with Gasteiger partial charge < -0.3 is 16.0 Å². The number of para-hydroxylation sites is 1. The zero-order valence-corrected chi connectivity index (χ0v) is 13.4. The fourth-order valence-corrected chi connectivity index (χ4v) is 2.78. The molecule has 23 heavy (non-hydrogen) atoms. The Morgan fingerprint density at radius 3 is 2.70 bits per heavy atom. The van der Waals surface area contributed by atoms with Gasteiger partial charge >= 0.3 is 0 Å². The van der Waals surface area contributed by atoms with E-state index in [1.54, 1.807) is 12.4 Å². The van der Waals surface area contributed by atoms with Crippen LogP contribution in [0.4, 0.5) is 5.69 Å². The molecule has 3 rings (SSSR count). The van der Waals surface area contributed by atoms with E-state index < -0.39 is 0 Å². The predicted octanol–water partition coefficient (Wildman–Crippen LogP) is 2.51. The number of rotatable bonds is 3. The molecular formula is C17H16N4OS. The highest BCUT2D eigenvalue weighted by Crippen LogP contribution is 2.27. The predicted molar refractivity (Wildman–Crippen MR) is 93.6 cm³/mol. The van der Waals surface area contributed by atoms with E-state index in [2.05, 4.69) is 20.9 Å². The molecule has 3 N–H and O–H groups in total. The molecule has 1 aliphatic heterocycles. The van der Waals surface area contributed by atoms with E-state index in [9.17, 15) is 4.79 Å². The average molecular weight is 324 g/mol. The summed E-state index contributed by atoms with van der Waals surface area (Å²) in [6.45, 7) is 1.84. The molecule has 1 amide bonds. The molecule has 0 spiro atoms. The van der Waals surface area contributed by atoms with Crippen LogP contribution in [0.2, 0.25) is 0 Å². The number of nitrogens with zero attached hydrogens (tertiary/aromatic N) is 1. The maximum atomic E-state index is 12.8. The molecular weight excluding hydrogens is 308 g/mol. The summed E-state index contributed by atoms with van der Waals surface area (Å²) in [5, 5.41) is 9.57. The molecule has 0 aliphatic carbocycles. The summed E-state index contributed by atoms with van der Waals surface area (Å²) in [7, 11) is 0. The first-order valence-corrected chi connectivity index (χ1v) is 7.60. The number of carbonyl (C=O) groups excluding carboxylic acids is 1. The zero-order chi connectivity index (χ0) is 16.2. The minimum absolute atomic E-state index is 0.176. The molecule has 0 bridgehead atoms. The van der Waals surface area contributed by atoms with Crippen LogP contribution in [0.1, 0.15) is 18.5 Å². The van der Waals surface area contributed by atoms with Crippen LogP contribution < -0.4 is 16.0 Å². The molecule has 2 heterocycles. The largest absolute Gasteiger partial charge is 0.351 e. The van der Waals surface area contributed by atoms with E-state index in [1.807, 2.05) is 49.4 Å². The molecule has 0 radical (unpaired) electrons. The summed E-state index contributed by atoms with van der Waals surface area (Å²) in [5.74, 6) is -0.176. The van der Waals surface area contributed by atoms with Gasteiger partial charge in [0.2, 0.25) is 0 Å². The van der Waals surface area contributed by atoms with Crippen LogP contribution in [0.15, 0.2) is 66.1 Å². The molecule has 1 aromatic carbocycles. The van der Waals surface area contributed by atoms with Crippen molar-refractivity contribution < 1.29 is 4.79 Å². The quantitative estimate of drug-likeness (QED) is 0.757. The molecule has 116 valence electrons. The van der Waals surface area contributed by atoms with Crippen molar-refractivity contribution in [2.24, 2.45) is 0 Å². The summed E-state index contributed by atoms with van der Waals surface area (Å²) in [6, 6.07) is 12.8. The lowest BCUT2D eigenvalue weighted by Gasteiger charge is -2.30. The summed E-state index contributed by atoms with van der Waals surface area (Å²) in [4.78, 5) is 16.9. The van der Waals surface area contributed by atoms with Gasteiger partial charge in [-0.3, -0.25) is 9.78 Å². The van der Waals surface area contributed by atoms with Crippen molar-refractivity contribution in [1.29, 1.82) is 0 Å².